The van der Waals surface area contributed by atoms with Gasteiger partial charge in [0, 0.05) is 5.98 Å². The smallest absolute Gasteiger partial charge is 0.202 e. The molecule has 0 radical (unpaired) electrons. The molecule has 0 aliphatic carbocycles. The number of hydrogen-bond donors (Lipinski definition) is 0. The zero-order chi connectivity index (χ0) is 15.3. The molecule has 0 saturated carbocycles. The van der Waals surface area contributed by atoms with Gasteiger partial charge in [0.25, 0.3) is 0 Å². The Labute approximate surface area is 133 Å². The van der Waals surface area contributed by atoms with E-state index in [0.29, 0.717) is 0 Å². The SMILES string of the molecule is P=CO[B-](c1ccccc1)(c1ccccc1)c1ccccc1. The van der Waals surface area contributed by atoms with Gasteiger partial charge >= 0.3 is 0 Å². The van der Waals surface area contributed by atoms with E-state index in [4.69, 9.17) is 4.65 Å². The number of benzene rings is 3. The van der Waals surface area contributed by atoms with Crippen LogP contribution in [0, 0.1) is 0 Å². The first-order chi connectivity index (χ1) is 10.9. The van der Waals surface area contributed by atoms with Gasteiger partial charge in [0.15, 0.2) is 0 Å². The fourth-order valence-electron chi connectivity index (χ4n) is 3.09. The summed E-state index contributed by atoms with van der Waals surface area (Å²) < 4.78 is 6.24. The van der Waals surface area contributed by atoms with Crippen molar-refractivity contribution in [3.05, 3.63) is 91.0 Å². The normalized spacial score (nSPS) is 11.1. The predicted molar refractivity (Wildman–Crippen MR) is 99.4 cm³/mol. The minimum absolute atomic E-state index is 1.15. The Morgan fingerprint density at radius 2 is 0.909 bits per heavy atom. The van der Waals surface area contributed by atoms with E-state index in [-0.39, 0.29) is 0 Å². The third kappa shape index (κ3) is 2.64. The first kappa shape index (κ1) is 14.8. The van der Waals surface area contributed by atoms with E-state index < -0.39 is 6.35 Å². The van der Waals surface area contributed by atoms with Gasteiger partial charge in [-0.05, 0) is 0 Å². The summed E-state index contributed by atoms with van der Waals surface area (Å²) in [6.07, 6.45) is -1.51. The van der Waals surface area contributed by atoms with Gasteiger partial charge in [-0.25, -0.2) is 0 Å². The number of hydrogen-bond acceptors (Lipinski definition) is 1. The summed E-state index contributed by atoms with van der Waals surface area (Å²) in [7, 11) is 3.40. The quantitative estimate of drug-likeness (QED) is 0.520. The van der Waals surface area contributed by atoms with Crippen molar-refractivity contribution >= 4 is 37.6 Å². The molecule has 0 fully saturated rings. The Bertz CT molecular complexity index is 632. The first-order valence-electron chi connectivity index (χ1n) is 7.36. The third-order valence-corrected chi connectivity index (χ3v) is 4.22. The van der Waals surface area contributed by atoms with Crippen LogP contribution in [0.3, 0.4) is 0 Å². The highest BCUT2D eigenvalue weighted by Gasteiger charge is 2.30. The zero-order valence-corrected chi connectivity index (χ0v) is 13.2. The summed E-state index contributed by atoms with van der Waals surface area (Å²) in [5.74, 6) is 1.60. The maximum Gasteiger partial charge on any atom is 0.202 e. The van der Waals surface area contributed by atoms with Crippen LogP contribution in [-0.2, 0) is 4.65 Å². The van der Waals surface area contributed by atoms with Crippen molar-refractivity contribution in [1.82, 2.24) is 0 Å². The van der Waals surface area contributed by atoms with Crippen LogP contribution in [0.2, 0.25) is 0 Å². The van der Waals surface area contributed by atoms with Gasteiger partial charge in [0.2, 0.25) is 6.35 Å². The minimum Gasteiger partial charge on any atom is -0.549 e. The summed E-state index contributed by atoms with van der Waals surface area (Å²) in [6.45, 7) is 0. The molecule has 3 heteroatoms. The van der Waals surface area contributed by atoms with Crippen molar-refractivity contribution in [2.24, 2.45) is 0 Å². The lowest BCUT2D eigenvalue weighted by Crippen LogP contribution is -2.69. The Morgan fingerprint density at radius 3 is 1.18 bits per heavy atom. The van der Waals surface area contributed by atoms with E-state index in [0.717, 1.165) is 16.4 Å². The lowest BCUT2D eigenvalue weighted by Gasteiger charge is -2.42. The van der Waals surface area contributed by atoms with E-state index in [9.17, 15) is 0 Å². The molecule has 0 atom stereocenters. The highest BCUT2D eigenvalue weighted by atomic mass is 31.0. The Morgan fingerprint density at radius 1 is 0.591 bits per heavy atom. The van der Waals surface area contributed by atoms with E-state index in [1.165, 1.54) is 0 Å². The van der Waals surface area contributed by atoms with Crippen molar-refractivity contribution in [3.63, 3.8) is 0 Å². The second-order valence-corrected chi connectivity index (χ2v) is 5.51. The second kappa shape index (κ2) is 6.74. The average molecular weight is 303 g/mol. The molecule has 0 spiro atoms. The van der Waals surface area contributed by atoms with Crippen LogP contribution in [-0.4, -0.2) is 12.3 Å². The average Bonchev–Trinajstić information content (AvgIpc) is 2.62. The van der Waals surface area contributed by atoms with Crippen LogP contribution in [0.1, 0.15) is 0 Å². The molecular weight excluding hydrogens is 286 g/mol. The van der Waals surface area contributed by atoms with E-state index in [1.807, 2.05) is 18.2 Å². The van der Waals surface area contributed by atoms with Gasteiger partial charge in [-0.3, -0.25) is 0 Å². The topological polar surface area (TPSA) is 9.23 Å². The lowest BCUT2D eigenvalue weighted by molar-refractivity contribution is 0.610. The Balaban J connectivity index is 2.31. The first-order valence-corrected chi connectivity index (χ1v) is 7.94. The molecule has 0 aliphatic heterocycles. The molecular formula is C19H17BOP-. The van der Waals surface area contributed by atoms with Gasteiger partial charge in [0.1, 0.15) is 0 Å². The summed E-state index contributed by atoms with van der Waals surface area (Å²) in [5, 5.41) is 0. The molecule has 22 heavy (non-hydrogen) atoms. The van der Waals surface area contributed by atoms with Gasteiger partial charge < -0.3 is 4.65 Å². The van der Waals surface area contributed by atoms with Crippen LogP contribution in [0.15, 0.2) is 91.0 Å². The van der Waals surface area contributed by atoms with Crippen LogP contribution in [0.5, 0.6) is 0 Å². The van der Waals surface area contributed by atoms with Crippen LogP contribution in [0.25, 0.3) is 0 Å². The summed E-state index contributed by atoms with van der Waals surface area (Å²) >= 11 is 0. The summed E-state index contributed by atoms with van der Waals surface area (Å²) in [5.41, 5.74) is 3.44. The van der Waals surface area contributed by atoms with Crippen LogP contribution in [0.4, 0.5) is 0 Å². The van der Waals surface area contributed by atoms with Gasteiger partial charge in [-0.1, -0.05) is 91.0 Å². The zero-order valence-electron chi connectivity index (χ0n) is 12.2. The van der Waals surface area contributed by atoms with Gasteiger partial charge in [-0.15, -0.1) is 8.86 Å². The van der Waals surface area contributed by atoms with Crippen molar-refractivity contribution < 1.29 is 4.65 Å². The highest BCUT2D eigenvalue weighted by Crippen LogP contribution is 2.08. The van der Waals surface area contributed by atoms with E-state index >= 15 is 0 Å². The van der Waals surface area contributed by atoms with Gasteiger partial charge in [-0.2, -0.15) is 16.4 Å². The molecule has 1 nitrogen and oxygen atoms in total. The lowest BCUT2D eigenvalue weighted by atomic mass is 9.28. The maximum absolute atomic E-state index is 6.24. The van der Waals surface area contributed by atoms with Crippen LogP contribution >= 0.6 is 8.86 Å². The van der Waals surface area contributed by atoms with Gasteiger partial charge in [0.05, 0.1) is 0 Å². The van der Waals surface area contributed by atoms with E-state index in [1.54, 1.807) is 5.98 Å². The highest BCUT2D eigenvalue weighted by molar-refractivity contribution is 7.19. The maximum atomic E-state index is 6.24. The van der Waals surface area contributed by atoms with E-state index in [2.05, 4.69) is 81.7 Å². The summed E-state index contributed by atoms with van der Waals surface area (Å²) in [6, 6.07) is 31.1. The monoisotopic (exact) mass is 303 g/mol. The van der Waals surface area contributed by atoms with Crippen molar-refractivity contribution in [3.8, 4) is 0 Å². The standard InChI is InChI=1S/C19H17BOP/c22-16-21-20(17-10-4-1-5-11-17,18-12-6-2-7-13-18)19-14-8-3-9-15-19/h1-16,22H/q-1. The molecule has 3 rings (SSSR count). The molecule has 0 unspecified atom stereocenters. The van der Waals surface area contributed by atoms with Crippen molar-refractivity contribution in [2.75, 3.05) is 0 Å². The molecule has 0 N–H and O–H groups in total. The minimum atomic E-state index is -1.51. The molecule has 108 valence electrons. The molecule has 0 aliphatic rings. The fraction of sp³-hybridized carbons (Fsp3) is 0. The largest absolute Gasteiger partial charge is 0.549 e. The Kier molecular flexibility index (Phi) is 4.53. The third-order valence-electron chi connectivity index (χ3n) is 4.08. The molecule has 3 aromatic carbocycles. The van der Waals surface area contributed by atoms with Crippen molar-refractivity contribution in [1.29, 1.82) is 0 Å². The Hall–Kier alpha value is -2.15. The van der Waals surface area contributed by atoms with Crippen LogP contribution < -0.4 is 16.4 Å². The molecule has 0 aromatic heterocycles. The fourth-order valence-corrected chi connectivity index (χ4v) is 3.29. The summed E-state index contributed by atoms with van der Waals surface area (Å²) in [4.78, 5) is 0. The molecule has 0 amide bonds. The molecule has 0 heterocycles. The predicted octanol–water partition coefficient (Wildman–Crippen LogP) is 2.57. The number of rotatable bonds is 5. The van der Waals surface area contributed by atoms with Crippen molar-refractivity contribution in [2.45, 2.75) is 0 Å². The molecule has 3 aromatic rings. The second-order valence-electron chi connectivity index (χ2n) is 5.27. The molecule has 0 bridgehead atoms. The molecule has 0 saturated heterocycles.